The fourth-order valence-corrected chi connectivity index (χ4v) is 4.38. The normalized spacial score (nSPS) is 22.6. The molecule has 0 spiro atoms. The van der Waals surface area contributed by atoms with Crippen LogP contribution in [0.4, 0.5) is 4.79 Å². The number of ether oxygens (including phenoxy) is 1. The van der Waals surface area contributed by atoms with Crippen LogP contribution in [0.15, 0.2) is 6.07 Å². The van der Waals surface area contributed by atoms with Crippen LogP contribution in [0.3, 0.4) is 0 Å². The van der Waals surface area contributed by atoms with Gasteiger partial charge in [0.25, 0.3) is 0 Å². The summed E-state index contributed by atoms with van der Waals surface area (Å²) in [5.74, 6) is 3.06. The maximum atomic E-state index is 12.2. The standard InChI is InChI=1S/C22H32N4O2/c1-15-24-18(13-19(14-23)25-15)7-5-6-17-12-20(17)16-8-10-26(11-9-16)21(27)28-22(2,3)4/h13,16-17,20H,5-12H2,1-4H3. The van der Waals surface area contributed by atoms with Crippen molar-refractivity contribution in [1.29, 1.82) is 5.26 Å². The number of carbonyl (C=O) groups is 1. The van der Waals surface area contributed by atoms with Gasteiger partial charge in [-0.15, -0.1) is 0 Å². The summed E-state index contributed by atoms with van der Waals surface area (Å²) in [6, 6.07) is 3.91. The van der Waals surface area contributed by atoms with Crippen LogP contribution in [-0.2, 0) is 11.2 Å². The zero-order chi connectivity index (χ0) is 20.3. The van der Waals surface area contributed by atoms with E-state index < -0.39 is 5.60 Å². The largest absolute Gasteiger partial charge is 0.444 e. The Hall–Kier alpha value is -2.16. The number of amides is 1. The second-order valence-corrected chi connectivity index (χ2v) is 9.26. The van der Waals surface area contributed by atoms with Crippen molar-refractivity contribution in [2.75, 3.05) is 13.1 Å². The monoisotopic (exact) mass is 384 g/mol. The summed E-state index contributed by atoms with van der Waals surface area (Å²) in [7, 11) is 0. The molecule has 0 radical (unpaired) electrons. The van der Waals surface area contributed by atoms with Crippen molar-refractivity contribution in [3.05, 3.63) is 23.3 Å². The average Bonchev–Trinajstić information content (AvgIpc) is 3.39. The predicted octanol–water partition coefficient (Wildman–Crippen LogP) is 4.26. The van der Waals surface area contributed by atoms with Crippen molar-refractivity contribution in [3.63, 3.8) is 0 Å². The van der Waals surface area contributed by atoms with Gasteiger partial charge in [0, 0.05) is 18.8 Å². The first-order chi connectivity index (χ1) is 13.2. The predicted molar refractivity (Wildman–Crippen MR) is 107 cm³/mol. The summed E-state index contributed by atoms with van der Waals surface area (Å²) in [5, 5.41) is 9.02. The van der Waals surface area contributed by atoms with Gasteiger partial charge in [-0.25, -0.2) is 14.8 Å². The minimum absolute atomic E-state index is 0.171. The Morgan fingerprint density at radius 1 is 1.32 bits per heavy atom. The molecule has 2 atom stereocenters. The second kappa shape index (κ2) is 8.46. The lowest BCUT2D eigenvalue weighted by Crippen LogP contribution is -2.42. The summed E-state index contributed by atoms with van der Waals surface area (Å²) >= 11 is 0. The molecule has 1 aliphatic heterocycles. The van der Waals surface area contributed by atoms with Crippen molar-refractivity contribution < 1.29 is 9.53 Å². The highest BCUT2D eigenvalue weighted by Crippen LogP contribution is 2.50. The summed E-state index contributed by atoms with van der Waals surface area (Å²) < 4.78 is 5.49. The molecule has 28 heavy (non-hydrogen) atoms. The lowest BCUT2D eigenvalue weighted by atomic mass is 9.90. The molecule has 6 heteroatoms. The fourth-order valence-electron chi connectivity index (χ4n) is 4.38. The van der Waals surface area contributed by atoms with Gasteiger partial charge in [0.2, 0.25) is 0 Å². The SMILES string of the molecule is Cc1nc(C#N)cc(CCCC2CC2C2CCN(C(=O)OC(C)(C)C)CC2)n1. The Kier molecular flexibility index (Phi) is 6.22. The number of aromatic nitrogens is 2. The van der Waals surface area contributed by atoms with E-state index in [1.807, 2.05) is 38.7 Å². The molecule has 1 saturated heterocycles. The smallest absolute Gasteiger partial charge is 0.410 e. The van der Waals surface area contributed by atoms with Gasteiger partial charge >= 0.3 is 6.09 Å². The van der Waals surface area contributed by atoms with E-state index in [4.69, 9.17) is 10.00 Å². The molecule has 0 N–H and O–H groups in total. The molecule has 152 valence electrons. The first kappa shape index (κ1) is 20.6. The van der Waals surface area contributed by atoms with Crippen LogP contribution < -0.4 is 0 Å². The number of aryl methyl sites for hydroxylation is 2. The van der Waals surface area contributed by atoms with E-state index in [2.05, 4.69) is 16.0 Å². The number of nitrogens with zero attached hydrogens (tertiary/aromatic N) is 4. The van der Waals surface area contributed by atoms with E-state index in [0.717, 1.165) is 62.2 Å². The molecule has 1 aromatic rings. The molecule has 6 nitrogen and oxygen atoms in total. The van der Waals surface area contributed by atoms with Crippen LogP contribution in [0.1, 0.15) is 70.1 Å². The van der Waals surface area contributed by atoms with Gasteiger partial charge in [0.15, 0.2) is 0 Å². The van der Waals surface area contributed by atoms with Gasteiger partial charge in [-0.1, -0.05) is 0 Å². The van der Waals surface area contributed by atoms with Crippen molar-refractivity contribution in [2.45, 2.75) is 71.8 Å². The third-order valence-corrected chi connectivity index (χ3v) is 5.79. The Balaban J connectivity index is 1.37. The number of piperidine rings is 1. The van der Waals surface area contributed by atoms with Crippen LogP contribution in [0.25, 0.3) is 0 Å². The molecule has 0 bridgehead atoms. The molecule has 3 rings (SSSR count). The second-order valence-electron chi connectivity index (χ2n) is 9.26. The molecule has 1 aliphatic carbocycles. The van der Waals surface area contributed by atoms with E-state index in [0.29, 0.717) is 11.5 Å². The molecule has 2 aliphatic rings. The quantitative estimate of drug-likeness (QED) is 0.758. The van der Waals surface area contributed by atoms with Gasteiger partial charge in [-0.2, -0.15) is 5.26 Å². The van der Waals surface area contributed by atoms with Crippen molar-refractivity contribution in [1.82, 2.24) is 14.9 Å². The summed E-state index contributed by atoms with van der Waals surface area (Å²) in [6.07, 6.45) is 6.59. The topological polar surface area (TPSA) is 79.1 Å². The lowest BCUT2D eigenvalue weighted by Gasteiger charge is -2.33. The van der Waals surface area contributed by atoms with Gasteiger partial charge in [-0.05, 0) is 90.0 Å². The molecule has 1 saturated carbocycles. The Morgan fingerprint density at radius 2 is 2.04 bits per heavy atom. The maximum absolute atomic E-state index is 12.2. The van der Waals surface area contributed by atoms with Gasteiger partial charge in [0.05, 0.1) is 0 Å². The highest BCUT2D eigenvalue weighted by atomic mass is 16.6. The first-order valence-corrected chi connectivity index (χ1v) is 10.5. The van der Waals surface area contributed by atoms with E-state index in [1.54, 1.807) is 0 Å². The van der Waals surface area contributed by atoms with Crippen LogP contribution in [0.5, 0.6) is 0 Å². The summed E-state index contributed by atoms with van der Waals surface area (Å²) in [5.41, 5.74) is 1.02. The number of likely N-dealkylation sites (tertiary alicyclic amines) is 1. The number of rotatable bonds is 5. The highest BCUT2D eigenvalue weighted by Gasteiger charge is 2.43. The minimum Gasteiger partial charge on any atom is -0.444 e. The van der Waals surface area contributed by atoms with Crippen molar-refractivity contribution in [3.8, 4) is 6.07 Å². The molecule has 2 heterocycles. The van der Waals surface area contributed by atoms with E-state index >= 15 is 0 Å². The van der Waals surface area contributed by atoms with Crippen molar-refractivity contribution in [2.24, 2.45) is 17.8 Å². The summed E-state index contributed by atoms with van der Waals surface area (Å²) in [6.45, 7) is 9.22. The Morgan fingerprint density at radius 3 is 2.68 bits per heavy atom. The van der Waals surface area contributed by atoms with Crippen molar-refractivity contribution >= 4 is 6.09 Å². The fraction of sp³-hybridized carbons (Fsp3) is 0.727. The Labute approximate surface area is 168 Å². The van der Waals surface area contributed by atoms with Gasteiger partial charge < -0.3 is 9.64 Å². The van der Waals surface area contributed by atoms with Gasteiger partial charge in [0.1, 0.15) is 23.2 Å². The molecule has 1 aromatic heterocycles. The number of hydrogen-bond donors (Lipinski definition) is 0. The van der Waals surface area contributed by atoms with Crippen LogP contribution in [0, 0.1) is 36.0 Å². The number of carbonyl (C=O) groups excluding carboxylic acids is 1. The van der Waals surface area contributed by atoms with E-state index in [1.165, 1.54) is 12.8 Å². The molecular formula is C22H32N4O2. The maximum Gasteiger partial charge on any atom is 0.410 e. The number of nitriles is 1. The third kappa shape index (κ3) is 5.67. The molecule has 1 amide bonds. The van der Waals surface area contributed by atoms with Gasteiger partial charge in [-0.3, -0.25) is 0 Å². The lowest BCUT2D eigenvalue weighted by molar-refractivity contribution is 0.0174. The molecule has 0 aromatic carbocycles. The molecule has 2 unspecified atom stereocenters. The minimum atomic E-state index is -0.425. The molecular weight excluding hydrogens is 352 g/mol. The first-order valence-electron chi connectivity index (χ1n) is 10.5. The highest BCUT2D eigenvalue weighted by molar-refractivity contribution is 5.68. The Bertz CT molecular complexity index is 742. The van der Waals surface area contributed by atoms with E-state index in [-0.39, 0.29) is 6.09 Å². The zero-order valence-corrected chi connectivity index (χ0v) is 17.6. The van der Waals surface area contributed by atoms with Crippen LogP contribution in [0.2, 0.25) is 0 Å². The number of hydrogen-bond acceptors (Lipinski definition) is 5. The van der Waals surface area contributed by atoms with Crippen LogP contribution in [-0.4, -0.2) is 39.7 Å². The summed E-state index contributed by atoms with van der Waals surface area (Å²) in [4.78, 5) is 22.6. The third-order valence-electron chi connectivity index (χ3n) is 5.79. The average molecular weight is 385 g/mol. The zero-order valence-electron chi connectivity index (χ0n) is 17.6. The molecule has 2 fully saturated rings. The van der Waals surface area contributed by atoms with Crippen LogP contribution >= 0.6 is 0 Å². The van der Waals surface area contributed by atoms with E-state index in [9.17, 15) is 4.79 Å².